The number of aryl methyl sites for hydroxylation is 2. The lowest BCUT2D eigenvalue weighted by Gasteiger charge is -2.11. The Balaban J connectivity index is 2.56. The number of benzene rings is 1. The normalized spacial score (nSPS) is 11.3. The minimum atomic E-state index is 0.378. The van der Waals surface area contributed by atoms with E-state index in [4.69, 9.17) is 10.7 Å². The summed E-state index contributed by atoms with van der Waals surface area (Å²) in [5, 5.41) is 0. The van der Waals surface area contributed by atoms with Crippen molar-refractivity contribution in [1.82, 2.24) is 9.55 Å². The van der Waals surface area contributed by atoms with E-state index in [1.165, 1.54) is 11.1 Å². The molecule has 2 rings (SSSR count). The zero-order chi connectivity index (χ0) is 15.6. The van der Waals surface area contributed by atoms with Crippen molar-refractivity contribution in [3.63, 3.8) is 0 Å². The maximum atomic E-state index is 6.43. The largest absolute Gasteiger partial charge is 0.383 e. The van der Waals surface area contributed by atoms with Gasteiger partial charge in [-0.15, -0.1) is 0 Å². The standard InChI is InChI=1S/C18H27N3/c1-6-7-10-21-17(19)16(20-18(21)12(2)3)15-11-13(4)8-9-14(15)5/h8-9,11-12H,6-7,10,19H2,1-5H3. The van der Waals surface area contributed by atoms with E-state index in [2.05, 4.69) is 57.4 Å². The molecule has 0 saturated heterocycles. The zero-order valence-corrected chi connectivity index (χ0v) is 13.9. The molecule has 0 spiro atoms. The zero-order valence-electron chi connectivity index (χ0n) is 13.9. The molecule has 2 aromatic rings. The average Bonchev–Trinajstić information content (AvgIpc) is 2.76. The van der Waals surface area contributed by atoms with Crippen LogP contribution in [0.15, 0.2) is 18.2 Å². The van der Waals surface area contributed by atoms with E-state index < -0.39 is 0 Å². The summed E-state index contributed by atoms with van der Waals surface area (Å²) in [7, 11) is 0. The predicted octanol–water partition coefficient (Wildman–Crippen LogP) is 4.67. The predicted molar refractivity (Wildman–Crippen MR) is 90.5 cm³/mol. The Hall–Kier alpha value is -1.77. The Morgan fingerprint density at radius 3 is 2.57 bits per heavy atom. The fourth-order valence-electron chi connectivity index (χ4n) is 2.66. The molecular weight excluding hydrogens is 258 g/mol. The second-order valence-corrected chi connectivity index (χ2v) is 6.18. The van der Waals surface area contributed by atoms with Crippen LogP contribution in [0, 0.1) is 13.8 Å². The van der Waals surface area contributed by atoms with Crippen molar-refractivity contribution in [2.45, 2.75) is 59.9 Å². The summed E-state index contributed by atoms with van der Waals surface area (Å²) in [5.41, 5.74) is 11.0. The molecule has 0 atom stereocenters. The molecule has 0 bridgehead atoms. The third kappa shape index (κ3) is 3.12. The van der Waals surface area contributed by atoms with Crippen LogP contribution in [0.1, 0.15) is 56.5 Å². The molecule has 0 saturated carbocycles. The Morgan fingerprint density at radius 1 is 1.24 bits per heavy atom. The minimum absolute atomic E-state index is 0.378. The number of hydrogen-bond donors (Lipinski definition) is 1. The Morgan fingerprint density at radius 2 is 1.95 bits per heavy atom. The lowest BCUT2D eigenvalue weighted by atomic mass is 10.0. The number of anilines is 1. The molecule has 0 amide bonds. The summed E-state index contributed by atoms with van der Waals surface area (Å²) >= 11 is 0. The van der Waals surface area contributed by atoms with Gasteiger partial charge in [0.15, 0.2) is 0 Å². The van der Waals surface area contributed by atoms with Gasteiger partial charge < -0.3 is 10.3 Å². The van der Waals surface area contributed by atoms with Gasteiger partial charge in [-0.05, 0) is 31.9 Å². The summed E-state index contributed by atoms with van der Waals surface area (Å²) in [6, 6.07) is 6.46. The Bertz CT molecular complexity index is 624. The maximum Gasteiger partial charge on any atom is 0.131 e. The molecule has 1 aromatic carbocycles. The molecular formula is C18H27N3. The molecule has 3 nitrogen and oxygen atoms in total. The third-order valence-electron chi connectivity index (χ3n) is 3.94. The molecule has 1 aromatic heterocycles. The van der Waals surface area contributed by atoms with Gasteiger partial charge in [-0.3, -0.25) is 0 Å². The summed E-state index contributed by atoms with van der Waals surface area (Å²) in [6.45, 7) is 11.7. The third-order valence-corrected chi connectivity index (χ3v) is 3.94. The van der Waals surface area contributed by atoms with Crippen LogP contribution in [-0.4, -0.2) is 9.55 Å². The fourth-order valence-corrected chi connectivity index (χ4v) is 2.66. The Kier molecular flexibility index (Phi) is 4.71. The average molecular weight is 285 g/mol. The van der Waals surface area contributed by atoms with Gasteiger partial charge in [-0.1, -0.05) is 44.9 Å². The number of nitrogens with two attached hydrogens (primary N) is 1. The first-order chi connectivity index (χ1) is 9.95. The molecule has 0 aliphatic rings. The van der Waals surface area contributed by atoms with E-state index in [0.717, 1.165) is 42.3 Å². The molecule has 0 unspecified atom stereocenters. The maximum absolute atomic E-state index is 6.43. The van der Waals surface area contributed by atoms with Crippen molar-refractivity contribution in [1.29, 1.82) is 0 Å². The Labute approximate surface area is 128 Å². The fraction of sp³-hybridized carbons (Fsp3) is 0.500. The first kappa shape index (κ1) is 15.6. The van der Waals surface area contributed by atoms with Crippen LogP contribution in [-0.2, 0) is 6.54 Å². The van der Waals surface area contributed by atoms with E-state index >= 15 is 0 Å². The van der Waals surface area contributed by atoms with E-state index in [-0.39, 0.29) is 0 Å². The summed E-state index contributed by atoms with van der Waals surface area (Å²) in [5.74, 6) is 2.28. The topological polar surface area (TPSA) is 43.8 Å². The molecule has 0 fully saturated rings. The van der Waals surface area contributed by atoms with Crippen LogP contribution in [0.3, 0.4) is 0 Å². The number of nitrogens with zero attached hydrogens (tertiary/aromatic N) is 2. The van der Waals surface area contributed by atoms with Gasteiger partial charge in [0.05, 0.1) is 0 Å². The molecule has 1 heterocycles. The quantitative estimate of drug-likeness (QED) is 0.867. The van der Waals surface area contributed by atoms with E-state index in [0.29, 0.717) is 5.92 Å². The van der Waals surface area contributed by atoms with Crippen molar-refractivity contribution >= 4 is 5.82 Å². The van der Waals surface area contributed by atoms with Gasteiger partial charge >= 0.3 is 0 Å². The lowest BCUT2D eigenvalue weighted by molar-refractivity contribution is 0.588. The van der Waals surface area contributed by atoms with Crippen LogP contribution < -0.4 is 5.73 Å². The lowest BCUT2D eigenvalue weighted by Crippen LogP contribution is -2.08. The highest BCUT2D eigenvalue weighted by atomic mass is 15.1. The van der Waals surface area contributed by atoms with Gasteiger partial charge in [0.25, 0.3) is 0 Å². The van der Waals surface area contributed by atoms with Crippen LogP contribution in [0.4, 0.5) is 5.82 Å². The monoisotopic (exact) mass is 285 g/mol. The van der Waals surface area contributed by atoms with Gasteiger partial charge in [0.2, 0.25) is 0 Å². The van der Waals surface area contributed by atoms with Crippen LogP contribution in [0.5, 0.6) is 0 Å². The number of unbranched alkanes of at least 4 members (excludes halogenated alkanes) is 1. The first-order valence-corrected chi connectivity index (χ1v) is 7.89. The molecule has 2 N–H and O–H groups in total. The molecule has 21 heavy (non-hydrogen) atoms. The number of hydrogen-bond acceptors (Lipinski definition) is 2. The second-order valence-electron chi connectivity index (χ2n) is 6.18. The van der Waals surface area contributed by atoms with Gasteiger partial charge in [-0.2, -0.15) is 0 Å². The summed E-state index contributed by atoms with van der Waals surface area (Å²) in [4.78, 5) is 4.87. The van der Waals surface area contributed by atoms with Crippen molar-refractivity contribution in [3.05, 3.63) is 35.2 Å². The van der Waals surface area contributed by atoms with Crippen LogP contribution in [0.2, 0.25) is 0 Å². The molecule has 3 heteroatoms. The van der Waals surface area contributed by atoms with Crippen molar-refractivity contribution in [3.8, 4) is 11.3 Å². The summed E-state index contributed by atoms with van der Waals surface area (Å²) in [6.07, 6.45) is 2.29. The number of imidazole rings is 1. The van der Waals surface area contributed by atoms with Crippen LogP contribution in [0.25, 0.3) is 11.3 Å². The second kappa shape index (κ2) is 6.33. The molecule has 0 radical (unpaired) electrons. The minimum Gasteiger partial charge on any atom is -0.383 e. The van der Waals surface area contributed by atoms with Gasteiger partial charge in [0, 0.05) is 18.0 Å². The number of nitrogen functional groups attached to an aromatic ring is 1. The molecule has 114 valence electrons. The molecule has 0 aliphatic heterocycles. The van der Waals surface area contributed by atoms with E-state index in [9.17, 15) is 0 Å². The highest BCUT2D eigenvalue weighted by molar-refractivity contribution is 5.74. The summed E-state index contributed by atoms with van der Waals surface area (Å²) < 4.78 is 2.20. The highest BCUT2D eigenvalue weighted by Crippen LogP contribution is 2.32. The van der Waals surface area contributed by atoms with Gasteiger partial charge in [-0.25, -0.2) is 4.98 Å². The van der Waals surface area contributed by atoms with Crippen LogP contribution >= 0.6 is 0 Å². The number of rotatable bonds is 5. The van der Waals surface area contributed by atoms with Crippen molar-refractivity contribution in [2.24, 2.45) is 0 Å². The smallest absolute Gasteiger partial charge is 0.131 e. The van der Waals surface area contributed by atoms with E-state index in [1.807, 2.05) is 0 Å². The SMILES string of the molecule is CCCCn1c(C(C)C)nc(-c2cc(C)ccc2C)c1N. The highest BCUT2D eigenvalue weighted by Gasteiger charge is 2.19. The molecule has 0 aliphatic carbocycles. The number of aromatic nitrogens is 2. The van der Waals surface area contributed by atoms with Crippen molar-refractivity contribution in [2.75, 3.05) is 5.73 Å². The van der Waals surface area contributed by atoms with E-state index in [1.54, 1.807) is 0 Å². The first-order valence-electron chi connectivity index (χ1n) is 7.89. The van der Waals surface area contributed by atoms with Gasteiger partial charge in [0.1, 0.15) is 17.3 Å². The van der Waals surface area contributed by atoms with Crippen molar-refractivity contribution < 1.29 is 0 Å².